The van der Waals surface area contributed by atoms with E-state index < -0.39 is 11.7 Å². The number of hydrogen-bond acceptors (Lipinski definition) is 4. The molecule has 7 heteroatoms. The van der Waals surface area contributed by atoms with Crippen molar-refractivity contribution in [3.63, 3.8) is 0 Å². The molecule has 0 radical (unpaired) electrons. The van der Waals surface area contributed by atoms with Crippen LogP contribution in [0.2, 0.25) is 5.02 Å². The highest BCUT2D eigenvalue weighted by Crippen LogP contribution is 2.20. The minimum absolute atomic E-state index is 0.0447. The number of benzene rings is 1. The molecule has 1 amide bonds. The fraction of sp³-hybridized carbons (Fsp3) is 0.267. The Morgan fingerprint density at radius 2 is 1.95 bits per heavy atom. The largest absolute Gasteiger partial charge is 0.369 e. The quantitative estimate of drug-likeness (QED) is 0.795. The Labute approximate surface area is 132 Å². The Balaban J connectivity index is 2.03. The van der Waals surface area contributed by atoms with E-state index in [1.807, 2.05) is 0 Å². The van der Waals surface area contributed by atoms with Gasteiger partial charge in [0, 0.05) is 6.54 Å². The summed E-state index contributed by atoms with van der Waals surface area (Å²) in [5.41, 5.74) is -0.212. The molecule has 1 aromatic carbocycles. The van der Waals surface area contributed by atoms with Crippen LogP contribution in [0.4, 0.5) is 16.0 Å². The molecule has 2 aromatic rings. The highest BCUT2D eigenvalue weighted by molar-refractivity contribution is 6.34. The number of amides is 1. The summed E-state index contributed by atoms with van der Waals surface area (Å²) in [7, 11) is 0. The van der Waals surface area contributed by atoms with E-state index in [1.54, 1.807) is 12.1 Å². The summed E-state index contributed by atoms with van der Waals surface area (Å²) in [5, 5.41) is 13.4. The van der Waals surface area contributed by atoms with Crippen LogP contribution in [0.1, 0.15) is 30.1 Å². The van der Waals surface area contributed by atoms with E-state index in [2.05, 4.69) is 27.8 Å². The molecule has 0 spiro atoms. The molecule has 0 unspecified atom stereocenters. The van der Waals surface area contributed by atoms with Crippen LogP contribution in [0.25, 0.3) is 0 Å². The van der Waals surface area contributed by atoms with Crippen LogP contribution in [0, 0.1) is 5.82 Å². The van der Waals surface area contributed by atoms with E-state index in [-0.39, 0.29) is 16.4 Å². The zero-order chi connectivity index (χ0) is 15.9. The fourth-order valence-corrected chi connectivity index (χ4v) is 2.03. The molecule has 2 rings (SSSR count). The molecule has 0 saturated carbocycles. The molecule has 1 heterocycles. The van der Waals surface area contributed by atoms with Crippen molar-refractivity contribution in [3.8, 4) is 0 Å². The summed E-state index contributed by atoms with van der Waals surface area (Å²) in [5.74, 6) is -0.499. The van der Waals surface area contributed by atoms with Crippen molar-refractivity contribution >= 4 is 29.1 Å². The van der Waals surface area contributed by atoms with Gasteiger partial charge in [-0.2, -0.15) is 0 Å². The predicted octanol–water partition coefficient (Wildman–Crippen LogP) is 3.73. The normalized spacial score (nSPS) is 10.3. The predicted molar refractivity (Wildman–Crippen MR) is 84.8 cm³/mol. The number of rotatable bonds is 6. The van der Waals surface area contributed by atoms with Gasteiger partial charge in [-0.05, 0) is 30.7 Å². The van der Waals surface area contributed by atoms with Gasteiger partial charge in [0.05, 0.1) is 10.6 Å². The van der Waals surface area contributed by atoms with E-state index >= 15 is 0 Å². The lowest BCUT2D eigenvalue weighted by Gasteiger charge is -2.08. The van der Waals surface area contributed by atoms with E-state index in [4.69, 9.17) is 11.6 Å². The Morgan fingerprint density at radius 3 is 2.59 bits per heavy atom. The number of hydrogen-bond donors (Lipinski definition) is 2. The molecule has 2 N–H and O–H groups in total. The van der Waals surface area contributed by atoms with E-state index in [0.29, 0.717) is 5.82 Å². The summed E-state index contributed by atoms with van der Waals surface area (Å²) in [6.07, 6.45) is 2.11. The first-order valence-corrected chi connectivity index (χ1v) is 7.32. The zero-order valence-corrected chi connectivity index (χ0v) is 12.8. The van der Waals surface area contributed by atoms with Gasteiger partial charge in [-0.1, -0.05) is 31.0 Å². The van der Waals surface area contributed by atoms with E-state index in [1.165, 1.54) is 18.2 Å². The molecular formula is C15H16ClFN4O. The second kappa shape index (κ2) is 7.70. The minimum Gasteiger partial charge on any atom is -0.369 e. The Bertz CT molecular complexity index is 628. The van der Waals surface area contributed by atoms with Crippen LogP contribution in [-0.4, -0.2) is 22.6 Å². The van der Waals surface area contributed by atoms with Crippen molar-refractivity contribution in [2.45, 2.75) is 19.8 Å². The zero-order valence-electron chi connectivity index (χ0n) is 12.1. The maximum atomic E-state index is 13.6. The molecule has 0 saturated heterocycles. The Morgan fingerprint density at radius 1 is 1.23 bits per heavy atom. The van der Waals surface area contributed by atoms with Crippen LogP contribution >= 0.6 is 11.6 Å². The SMILES string of the molecule is CCCCNc1ccc(NC(=O)c2c(F)cccc2Cl)nn1. The van der Waals surface area contributed by atoms with Crippen molar-refractivity contribution in [2.24, 2.45) is 0 Å². The summed E-state index contributed by atoms with van der Waals surface area (Å²) in [6.45, 7) is 2.90. The summed E-state index contributed by atoms with van der Waals surface area (Å²) in [4.78, 5) is 12.0. The lowest BCUT2D eigenvalue weighted by Crippen LogP contribution is -2.16. The first-order chi connectivity index (χ1) is 10.6. The first kappa shape index (κ1) is 16.2. The van der Waals surface area contributed by atoms with Gasteiger partial charge in [-0.3, -0.25) is 4.79 Å². The van der Waals surface area contributed by atoms with E-state index in [9.17, 15) is 9.18 Å². The van der Waals surface area contributed by atoms with Crippen LogP contribution in [0.15, 0.2) is 30.3 Å². The Hall–Kier alpha value is -2.21. The molecule has 0 aliphatic heterocycles. The topological polar surface area (TPSA) is 66.9 Å². The molecular weight excluding hydrogens is 307 g/mol. The van der Waals surface area contributed by atoms with Gasteiger partial charge in [0.1, 0.15) is 11.6 Å². The second-order valence-corrected chi connectivity index (χ2v) is 5.04. The van der Waals surface area contributed by atoms with Crippen LogP contribution in [-0.2, 0) is 0 Å². The number of anilines is 2. The molecule has 5 nitrogen and oxygen atoms in total. The minimum atomic E-state index is -0.684. The molecule has 0 aliphatic carbocycles. The third-order valence-electron chi connectivity index (χ3n) is 2.93. The van der Waals surface area contributed by atoms with Gasteiger partial charge >= 0.3 is 0 Å². The average molecular weight is 323 g/mol. The number of carbonyl (C=O) groups is 1. The molecule has 0 aliphatic rings. The van der Waals surface area contributed by atoms with Crippen molar-refractivity contribution < 1.29 is 9.18 Å². The number of nitrogens with one attached hydrogen (secondary N) is 2. The number of nitrogens with zero attached hydrogens (tertiary/aromatic N) is 2. The maximum absolute atomic E-state index is 13.6. The molecule has 0 bridgehead atoms. The lowest BCUT2D eigenvalue weighted by molar-refractivity contribution is 0.102. The van der Waals surface area contributed by atoms with Gasteiger partial charge in [0.2, 0.25) is 0 Å². The van der Waals surface area contributed by atoms with Gasteiger partial charge in [0.25, 0.3) is 5.91 Å². The van der Waals surface area contributed by atoms with Gasteiger partial charge in [0.15, 0.2) is 5.82 Å². The third kappa shape index (κ3) is 4.14. The summed E-state index contributed by atoms with van der Waals surface area (Å²) >= 11 is 5.84. The van der Waals surface area contributed by atoms with Crippen LogP contribution < -0.4 is 10.6 Å². The number of unbranched alkanes of at least 4 members (excludes halogenated alkanes) is 1. The maximum Gasteiger partial charge on any atom is 0.261 e. The molecule has 0 fully saturated rings. The highest BCUT2D eigenvalue weighted by Gasteiger charge is 2.16. The second-order valence-electron chi connectivity index (χ2n) is 4.63. The lowest BCUT2D eigenvalue weighted by atomic mass is 10.2. The third-order valence-corrected chi connectivity index (χ3v) is 3.25. The van der Waals surface area contributed by atoms with Gasteiger partial charge < -0.3 is 10.6 Å². The standard InChI is InChI=1S/C15H16ClFN4O/c1-2-3-9-18-12-7-8-13(21-20-12)19-15(22)14-10(16)5-4-6-11(14)17/h4-8H,2-3,9H2,1H3,(H,18,20)(H,19,21,22). The molecule has 116 valence electrons. The smallest absolute Gasteiger partial charge is 0.261 e. The first-order valence-electron chi connectivity index (χ1n) is 6.94. The van der Waals surface area contributed by atoms with Crippen molar-refractivity contribution in [1.82, 2.24) is 10.2 Å². The van der Waals surface area contributed by atoms with Gasteiger partial charge in [-0.15, -0.1) is 10.2 Å². The highest BCUT2D eigenvalue weighted by atomic mass is 35.5. The Kier molecular flexibility index (Phi) is 5.66. The monoisotopic (exact) mass is 322 g/mol. The molecule has 1 aromatic heterocycles. The fourth-order valence-electron chi connectivity index (χ4n) is 1.78. The van der Waals surface area contributed by atoms with Crippen LogP contribution in [0.5, 0.6) is 0 Å². The van der Waals surface area contributed by atoms with Crippen molar-refractivity contribution in [3.05, 3.63) is 46.7 Å². The summed E-state index contributed by atoms with van der Waals surface area (Å²) in [6, 6.07) is 7.35. The van der Waals surface area contributed by atoms with Crippen molar-refractivity contribution in [1.29, 1.82) is 0 Å². The van der Waals surface area contributed by atoms with Crippen LogP contribution in [0.3, 0.4) is 0 Å². The summed E-state index contributed by atoms with van der Waals surface area (Å²) < 4.78 is 13.6. The van der Waals surface area contributed by atoms with Gasteiger partial charge in [-0.25, -0.2) is 4.39 Å². The number of carbonyl (C=O) groups excluding carboxylic acids is 1. The molecule has 0 atom stereocenters. The number of aromatic nitrogens is 2. The van der Waals surface area contributed by atoms with Crippen molar-refractivity contribution in [2.75, 3.05) is 17.2 Å². The van der Waals surface area contributed by atoms with E-state index in [0.717, 1.165) is 19.4 Å². The average Bonchev–Trinajstić information content (AvgIpc) is 2.49. The molecule has 22 heavy (non-hydrogen) atoms. The number of halogens is 2.